The molecule has 3 aromatic rings. The number of nitrogens with one attached hydrogen (secondary N) is 1. The van der Waals surface area contributed by atoms with E-state index >= 15 is 0 Å². The van der Waals surface area contributed by atoms with Crippen LogP contribution < -0.4 is 5.32 Å². The molecule has 0 saturated carbocycles. The molecule has 0 aliphatic rings. The van der Waals surface area contributed by atoms with Gasteiger partial charge in [0.2, 0.25) is 5.91 Å². The van der Waals surface area contributed by atoms with E-state index < -0.39 is 0 Å². The summed E-state index contributed by atoms with van der Waals surface area (Å²) in [5.74, 6) is -0.149. The van der Waals surface area contributed by atoms with Gasteiger partial charge in [0.25, 0.3) is 0 Å². The predicted octanol–water partition coefficient (Wildman–Crippen LogP) is 3.82. The Hall–Kier alpha value is -1.97. The first-order valence-corrected chi connectivity index (χ1v) is 10.4. The zero-order valence-electron chi connectivity index (χ0n) is 14.5. The van der Waals surface area contributed by atoms with Crippen molar-refractivity contribution in [3.8, 4) is 0 Å². The number of aromatic nitrogens is 2. The summed E-state index contributed by atoms with van der Waals surface area (Å²) in [6, 6.07) is 5.59. The third kappa shape index (κ3) is 4.60. The predicted molar refractivity (Wildman–Crippen MR) is 106 cm³/mol. The van der Waals surface area contributed by atoms with Gasteiger partial charge in [0.15, 0.2) is 4.34 Å². The number of ether oxygens (including phenoxy) is 1. The fourth-order valence-corrected chi connectivity index (χ4v) is 5.09. The maximum Gasteiger partial charge on any atom is 0.316 e. The number of amides is 1. The Morgan fingerprint density at radius 1 is 1.23 bits per heavy atom. The van der Waals surface area contributed by atoms with E-state index in [2.05, 4.69) is 20.0 Å². The van der Waals surface area contributed by atoms with Crippen LogP contribution >= 0.6 is 34.4 Å². The molecule has 0 bridgehead atoms. The maximum atomic E-state index is 12.3. The molecule has 0 aliphatic heterocycles. The number of nitrogens with zero attached hydrogens (tertiary/aromatic N) is 2. The number of thiazole rings is 2. The first-order valence-electron chi connectivity index (χ1n) is 7.77. The van der Waals surface area contributed by atoms with Gasteiger partial charge in [0, 0.05) is 10.6 Å². The first kappa shape index (κ1) is 18.8. The van der Waals surface area contributed by atoms with Crippen molar-refractivity contribution < 1.29 is 14.3 Å². The molecular formula is C17H17N3O3S3. The van der Waals surface area contributed by atoms with E-state index in [-0.39, 0.29) is 24.1 Å². The van der Waals surface area contributed by atoms with Gasteiger partial charge in [-0.2, -0.15) is 0 Å². The molecule has 2 heterocycles. The van der Waals surface area contributed by atoms with Crippen molar-refractivity contribution in [1.82, 2.24) is 9.97 Å². The number of methoxy groups -OCH3 is 1. The molecule has 0 spiro atoms. The second kappa shape index (κ2) is 8.15. The molecule has 0 unspecified atom stereocenters. The van der Waals surface area contributed by atoms with Gasteiger partial charge in [0.05, 0.1) is 40.2 Å². The van der Waals surface area contributed by atoms with Crippen LogP contribution in [0.4, 0.5) is 5.69 Å². The van der Waals surface area contributed by atoms with Crippen molar-refractivity contribution in [2.45, 2.75) is 24.6 Å². The topological polar surface area (TPSA) is 81.2 Å². The zero-order chi connectivity index (χ0) is 18.7. The number of aryl methyl sites for hydroxylation is 2. The summed E-state index contributed by atoms with van der Waals surface area (Å²) in [6.45, 7) is 3.91. The second-order valence-electron chi connectivity index (χ2n) is 5.49. The standard InChI is InChI=1S/C17H17N3O3S3/c1-9-13(18-10(2)25-9)7-15(21)19-11-4-5-12-14(6-11)26-17(20-12)24-8-16(22)23-3/h4-6H,7-8H2,1-3H3,(H,19,21). The monoisotopic (exact) mass is 407 g/mol. The van der Waals surface area contributed by atoms with E-state index in [4.69, 9.17) is 0 Å². The number of benzene rings is 1. The largest absolute Gasteiger partial charge is 0.468 e. The number of carbonyl (C=O) groups excluding carboxylic acids is 2. The molecule has 0 saturated heterocycles. The third-order valence-electron chi connectivity index (χ3n) is 3.52. The Kier molecular flexibility index (Phi) is 5.90. The Bertz CT molecular complexity index is 965. The van der Waals surface area contributed by atoms with E-state index in [1.807, 2.05) is 32.0 Å². The Morgan fingerprint density at radius 3 is 2.73 bits per heavy atom. The van der Waals surface area contributed by atoms with Crippen molar-refractivity contribution >= 4 is 62.2 Å². The van der Waals surface area contributed by atoms with Gasteiger partial charge in [-0.25, -0.2) is 9.97 Å². The molecule has 1 N–H and O–H groups in total. The molecule has 0 radical (unpaired) electrons. The van der Waals surface area contributed by atoms with Gasteiger partial charge < -0.3 is 10.1 Å². The van der Waals surface area contributed by atoms with Crippen LogP contribution in [0.2, 0.25) is 0 Å². The lowest BCUT2D eigenvalue weighted by Crippen LogP contribution is -2.15. The Balaban J connectivity index is 1.67. The summed E-state index contributed by atoms with van der Waals surface area (Å²) in [5, 5.41) is 3.88. The van der Waals surface area contributed by atoms with Crippen LogP contribution in [0.5, 0.6) is 0 Å². The molecule has 0 aliphatic carbocycles. The molecule has 2 aromatic heterocycles. The maximum absolute atomic E-state index is 12.3. The molecule has 3 rings (SSSR count). The van der Waals surface area contributed by atoms with Gasteiger partial charge in [0.1, 0.15) is 0 Å². The van der Waals surface area contributed by atoms with Gasteiger partial charge in [-0.1, -0.05) is 11.8 Å². The van der Waals surface area contributed by atoms with Gasteiger partial charge in [-0.3, -0.25) is 9.59 Å². The molecule has 0 atom stereocenters. The number of rotatable bonds is 6. The fourth-order valence-electron chi connectivity index (χ4n) is 2.32. The number of hydrogen-bond donors (Lipinski definition) is 1. The van der Waals surface area contributed by atoms with Crippen molar-refractivity contribution in [2.24, 2.45) is 0 Å². The van der Waals surface area contributed by atoms with Crippen LogP contribution in [0.15, 0.2) is 22.5 Å². The smallest absolute Gasteiger partial charge is 0.316 e. The first-order chi connectivity index (χ1) is 12.4. The van der Waals surface area contributed by atoms with Crippen molar-refractivity contribution in [3.05, 3.63) is 33.8 Å². The SMILES string of the molecule is COC(=O)CSc1nc2ccc(NC(=O)Cc3nc(C)sc3C)cc2s1. The van der Waals surface area contributed by atoms with Crippen molar-refractivity contribution in [2.75, 3.05) is 18.2 Å². The summed E-state index contributed by atoms with van der Waals surface area (Å²) in [4.78, 5) is 33.5. The number of thioether (sulfide) groups is 1. The minimum Gasteiger partial charge on any atom is -0.468 e. The van der Waals surface area contributed by atoms with Gasteiger partial charge in [-0.05, 0) is 32.0 Å². The van der Waals surface area contributed by atoms with Crippen LogP contribution in [0.3, 0.4) is 0 Å². The van der Waals surface area contributed by atoms with Crippen LogP contribution in [-0.2, 0) is 20.7 Å². The number of esters is 1. The number of carbonyl (C=O) groups is 2. The van der Waals surface area contributed by atoms with E-state index in [0.717, 1.165) is 35.8 Å². The van der Waals surface area contributed by atoms with Crippen molar-refractivity contribution in [1.29, 1.82) is 0 Å². The minimum atomic E-state index is -0.283. The van der Waals surface area contributed by atoms with Gasteiger partial charge >= 0.3 is 5.97 Å². The molecule has 6 nitrogen and oxygen atoms in total. The molecule has 0 fully saturated rings. The highest BCUT2D eigenvalue weighted by atomic mass is 32.2. The summed E-state index contributed by atoms with van der Waals surface area (Å²) >= 11 is 4.42. The molecular weight excluding hydrogens is 390 g/mol. The number of fused-ring (bicyclic) bond motifs is 1. The molecule has 136 valence electrons. The molecule has 1 aromatic carbocycles. The summed E-state index contributed by atoms with van der Waals surface area (Å²) in [7, 11) is 1.37. The lowest BCUT2D eigenvalue weighted by Gasteiger charge is -2.04. The Labute approximate surface area is 163 Å². The molecule has 26 heavy (non-hydrogen) atoms. The summed E-state index contributed by atoms with van der Waals surface area (Å²) in [6.07, 6.45) is 0.261. The lowest BCUT2D eigenvalue weighted by atomic mass is 10.2. The molecule has 9 heteroatoms. The van der Waals surface area contributed by atoms with E-state index in [9.17, 15) is 9.59 Å². The fraction of sp³-hybridized carbons (Fsp3) is 0.294. The van der Waals surface area contributed by atoms with Crippen LogP contribution in [0.25, 0.3) is 10.2 Å². The quantitative estimate of drug-likeness (QED) is 0.494. The number of hydrogen-bond acceptors (Lipinski definition) is 8. The van der Waals surface area contributed by atoms with E-state index in [0.29, 0.717) is 0 Å². The third-order valence-corrected chi connectivity index (χ3v) is 6.58. The average Bonchev–Trinajstić information content (AvgIpc) is 3.14. The Morgan fingerprint density at radius 2 is 2.04 bits per heavy atom. The van der Waals surface area contributed by atoms with Crippen molar-refractivity contribution in [3.63, 3.8) is 0 Å². The lowest BCUT2D eigenvalue weighted by molar-refractivity contribution is -0.137. The van der Waals surface area contributed by atoms with E-state index in [1.54, 1.807) is 11.3 Å². The minimum absolute atomic E-state index is 0.0949. The normalized spacial score (nSPS) is 10.9. The highest BCUT2D eigenvalue weighted by Gasteiger charge is 2.12. The number of anilines is 1. The summed E-state index contributed by atoms with van der Waals surface area (Å²) < 4.78 is 6.38. The second-order valence-corrected chi connectivity index (χ2v) is 9.15. The molecule has 1 amide bonds. The van der Waals surface area contributed by atoms with Crippen LogP contribution in [-0.4, -0.2) is 34.7 Å². The van der Waals surface area contributed by atoms with E-state index in [1.165, 1.54) is 30.2 Å². The zero-order valence-corrected chi connectivity index (χ0v) is 16.9. The highest BCUT2D eigenvalue weighted by molar-refractivity contribution is 8.01. The van der Waals surface area contributed by atoms with Crippen LogP contribution in [0.1, 0.15) is 15.6 Å². The van der Waals surface area contributed by atoms with Crippen LogP contribution in [0, 0.1) is 13.8 Å². The highest BCUT2D eigenvalue weighted by Crippen LogP contribution is 2.31. The average molecular weight is 408 g/mol. The summed E-state index contributed by atoms with van der Waals surface area (Å²) in [5.41, 5.74) is 2.39. The van der Waals surface area contributed by atoms with Gasteiger partial charge in [-0.15, -0.1) is 22.7 Å².